The Morgan fingerprint density at radius 2 is 2.06 bits per heavy atom. The normalized spacial score (nSPS) is 18.1. The van der Waals surface area contributed by atoms with Gasteiger partial charge in [0.25, 0.3) is 0 Å². The van der Waals surface area contributed by atoms with Crippen LogP contribution in [-0.4, -0.2) is 55.5 Å². The van der Waals surface area contributed by atoms with Crippen LogP contribution in [0.2, 0.25) is 4.34 Å². The molecular weight excluding hydrogens is 432 g/mol. The van der Waals surface area contributed by atoms with E-state index < -0.39 is 0 Å². The second-order valence-corrected chi connectivity index (χ2v) is 9.92. The molecule has 8 heteroatoms. The number of oxime groups is 1. The number of carbonyl (C=O) groups is 1. The summed E-state index contributed by atoms with van der Waals surface area (Å²) in [5.74, 6) is 0.675. The lowest BCUT2D eigenvalue weighted by Gasteiger charge is -2.22. The molecule has 2 aliphatic rings. The maximum Gasteiger partial charge on any atom is 0.172 e. The third-order valence-corrected chi connectivity index (χ3v) is 7.03. The summed E-state index contributed by atoms with van der Waals surface area (Å²) < 4.78 is 0.628. The Morgan fingerprint density at radius 1 is 1.29 bits per heavy atom. The highest BCUT2D eigenvalue weighted by molar-refractivity contribution is 7.18. The maximum atomic E-state index is 12.3. The first-order chi connectivity index (χ1) is 14.9. The van der Waals surface area contributed by atoms with E-state index in [9.17, 15) is 4.79 Å². The lowest BCUT2D eigenvalue weighted by atomic mass is 9.98. The van der Waals surface area contributed by atoms with Crippen molar-refractivity contribution in [2.24, 2.45) is 5.16 Å². The number of rotatable bonds is 7. The van der Waals surface area contributed by atoms with Crippen molar-refractivity contribution in [1.82, 2.24) is 4.90 Å². The Morgan fingerprint density at radius 3 is 2.74 bits per heavy atom. The predicted octanol–water partition coefficient (Wildman–Crippen LogP) is 5.04. The Labute approximate surface area is 191 Å². The first kappa shape index (κ1) is 21.8. The quantitative estimate of drug-likeness (QED) is 0.358. The average Bonchev–Trinajstić information content (AvgIpc) is 3.52. The third-order valence-electron chi connectivity index (χ3n) is 5.76. The molecule has 1 fully saturated rings. The molecule has 4 rings (SSSR count). The molecule has 0 aliphatic carbocycles. The molecule has 2 aliphatic heterocycles. The van der Waals surface area contributed by atoms with Gasteiger partial charge >= 0.3 is 0 Å². The molecule has 0 bridgehead atoms. The van der Waals surface area contributed by atoms with Crippen molar-refractivity contribution in [2.75, 3.05) is 32.1 Å². The number of nitrogens with zero attached hydrogens (tertiary/aromatic N) is 3. The van der Waals surface area contributed by atoms with Gasteiger partial charge in [-0.25, -0.2) is 0 Å². The monoisotopic (exact) mass is 458 g/mol. The highest BCUT2D eigenvalue weighted by atomic mass is 35.5. The maximum absolute atomic E-state index is 12.3. The van der Waals surface area contributed by atoms with E-state index in [1.807, 2.05) is 26.2 Å². The standard InChI is InChI=1S/C23H27ClN4O2S/c1-27(2)19-13-15(23(25)28-11-3-4-12-28)5-7-17(19)18-14-16(30-26-18)6-8-20(29)21-9-10-22(24)31-21/h5,7,9-10,13,16,25H,3-4,6,8,11-12,14H2,1-2H3. The fraction of sp³-hybridized carbons (Fsp3) is 0.435. The molecular formula is C23H27ClN4O2S. The Hall–Kier alpha value is -2.38. The van der Waals surface area contributed by atoms with Crippen LogP contribution in [0.25, 0.3) is 0 Å². The highest BCUT2D eigenvalue weighted by Crippen LogP contribution is 2.29. The summed E-state index contributed by atoms with van der Waals surface area (Å²) in [5, 5.41) is 12.9. The number of anilines is 1. The van der Waals surface area contributed by atoms with Gasteiger partial charge < -0.3 is 14.6 Å². The van der Waals surface area contributed by atoms with Gasteiger partial charge in [-0.3, -0.25) is 10.2 Å². The van der Waals surface area contributed by atoms with Crippen molar-refractivity contribution in [3.05, 3.63) is 50.7 Å². The molecule has 31 heavy (non-hydrogen) atoms. The topological polar surface area (TPSA) is 69.0 Å². The van der Waals surface area contributed by atoms with E-state index in [4.69, 9.17) is 21.8 Å². The number of amidine groups is 1. The Balaban J connectivity index is 1.42. The molecule has 1 unspecified atom stereocenters. The van der Waals surface area contributed by atoms with Gasteiger partial charge in [0, 0.05) is 56.8 Å². The molecule has 0 spiro atoms. The van der Waals surface area contributed by atoms with Crippen LogP contribution in [0.1, 0.15) is 52.9 Å². The molecule has 0 radical (unpaired) electrons. The number of ketones is 1. The minimum Gasteiger partial charge on any atom is -0.392 e. The lowest BCUT2D eigenvalue weighted by Crippen LogP contribution is -2.28. The number of halogens is 1. The van der Waals surface area contributed by atoms with Gasteiger partial charge in [-0.1, -0.05) is 28.9 Å². The zero-order chi connectivity index (χ0) is 22.0. The van der Waals surface area contributed by atoms with Crippen molar-refractivity contribution >= 4 is 46.0 Å². The van der Waals surface area contributed by atoms with Gasteiger partial charge in [0.2, 0.25) is 0 Å². The van der Waals surface area contributed by atoms with Crippen molar-refractivity contribution < 1.29 is 9.63 Å². The zero-order valence-electron chi connectivity index (χ0n) is 17.9. The minimum atomic E-state index is -0.105. The van der Waals surface area contributed by atoms with E-state index >= 15 is 0 Å². The van der Waals surface area contributed by atoms with Gasteiger partial charge in [0.1, 0.15) is 11.9 Å². The van der Waals surface area contributed by atoms with Crippen molar-refractivity contribution in [3.63, 3.8) is 0 Å². The molecule has 164 valence electrons. The number of benzene rings is 1. The van der Waals surface area contributed by atoms with Crippen LogP contribution in [0.4, 0.5) is 5.69 Å². The number of nitrogens with one attached hydrogen (secondary N) is 1. The van der Waals surface area contributed by atoms with Crippen LogP contribution in [0, 0.1) is 5.41 Å². The van der Waals surface area contributed by atoms with Crippen molar-refractivity contribution in [2.45, 2.75) is 38.2 Å². The van der Waals surface area contributed by atoms with E-state index in [0.717, 1.165) is 48.5 Å². The zero-order valence-corrected chi connectivity index (χ0v) is 19.4. The smallest absolute Gasteiger partial charge is 0.172 e. The second-order valence-electron chi connectivity index (χ2n) is 8.20. The van der Waals surface area contributed by atoms with Gasteiger partial charge in [0.05, 0.1) is 14.9 Å². The largest absolute Gasteiger partial charge is 0.392 e. The molecule has 3 heterocycles. The highest BCUT2D eigenvalue weighted by Gasteiger charge is 2.26. The summed E-state index contributed by atoms with van der Waals surface area (Å²) >= 11 is 7.24. The van der Waals surface area contributed by atoms with Crippen LogP contribution >= 0.6 is 22.9 Å². The van der Waals surface area contributed by atoms with E-state index in [0.29, 0.717) is 34.3 Å². The average molecular weight is 459 g/mol. The minimum absolute atomic E-state index is 0.0905. The number of likely N-dealkylation sites (tertiary alicyclic amines) is 1. The van der Waals surface area contributed by atoms with E-state index in [1.165, 1.54) is 11.3 Å². The molecule has 0 saturated carbocycles. The summed E-state index contributed by atoms with van der Waals surface area (Å²) in [5.41, 5.74) is 3.85. The van der Waals surface area contributed by atoms with Crippen LogP contribution in [-0.2, 0) is 4.84 Å². The predicted molar refractivity (Wildman–Crippen MR) is 127 cm³/mol. The summed E-state index contributed by atoms with van der Waals surface area (Å²) in [6.45, 7) is 1.91. The number of hydrogen-bond acceptors (Lipinski definition) is 6. The van der Waals surface area contributed by atoms with Gasteiger partial charge in [-0.15, -0.1) is 11.3 Å². The van der Waals surface area contributed by atoms with Gasteiger partial charge in [-0.2, -0.15) is 0 Å². The fourth-order valence-electron chi connectivity index (χ4n) is 4.04. The van der Waals surface area contributed by atoms with E-state index in [2.05, 4.69) is 21.0 Å². The molecule has 0 amide bonds. The molecule has 1 N–H and O–H groups in total. The third kappa shape index (κ3) is 4.93. The fourth-order valence-corrected chi connectivity index (χ4v) is 5.05. The summed E-state index contributed by atoms with van der Waals surface area (Å²) in [7, 11) is 4.00. The summed E-state index contributed by atoms with van der Waals surface area (Å²) in [6, 6.07) is 9.64. The number of Topliss-reactive ketones (excluding diaryl/α,β-unsaturated/α-hetero) is 1. The Kier molecular flexibility index (Phi) is 6.62. The second kappa shape index (κ2) is 9.40. The van der Waals surface area contributed by atoms with Crippen LogP contribution in [0.15, 0.2) is 35.5 Å². The van der Waals surface area contributed by atoms with Crippen molar-refractivity contribution in [1.29, 1.82) is 5.41 Å². The Bertz CT molecular complexity index is 1010. The van der Waals surface area contributed by atoms with Crippen LogP contribution in [0.3, 0.4) is 0 Å². The number of carbonyl (C=O) groups excluding carboxylic acids is 1. The molecule has 1 saturated heterocycles. The molecule has 6 nitrogen and oxygen atoms in total. The van der Waals surface area contributed by atoms with Crippen molar-refractivity contribution in [3.8, 4) is 0 Å². The van der Waals surface area contributed by atoms with Gasteiger partial charge in [0.15, 0.2) is 5.78 Å². The van der Waals surface area contributed by atoms with E-state index in [1.54, 1.807) is 12.1 Å². The number of thiophene rings is 1. The van der Waals surface area contributed by atoms with Crippen LogP contribution in [0.5, 0.6) is 0 Å². The summed E-state index contributed by atoms with van der Waals surface area (Å²) in [6.07, 6.45) is 3.90. The lowest BCUT2D eigenvalue weighted by molar-refractivity contribution is 0.0720. The SMILES string of the molecule is CN(C)c1cc(C(=N)N2CCCC2)ccc1C1=NOC(CCC(=O)c2ccc(Cl)s2)C1. The van der Waals surface area contributed by atoms with Gasteiger partial charge in [-0.05, 0) is 37.5 Å². The molecule has 1 aromatic heterocycles. The van der Waals surface area contributed by atoms with Crippen LogP contribution < -0.4 is 4.90 Å². The first-order valence-electron chi connectivity index (χ1n) is 10.6. The summed E-state index contributed by atoms with van der Waals surface area (Å²) in [4.78, 5) is 22.9. The molecule has 2 aromatic rings. The first-order valence-corrected chi connectivity index (χ1v) is 11.8. The number of hydrogen-bond donors (Lipinski definition) is 1. The van der Waals surface area contributed by atoms with E-state index in [-0.39, 0.29) is 11.9 Å². The molecule has 1 aromatic carbocycles. The molecule has 1 atom stereocenters.